The van der Waals surface area contributed by atoms with Crippen LogP contribution in [0.4, 0.5) is 10.5 Å². The fraction of sp³-hybridized carbons (Fsp3) is 0.217. The first kappa shape index (κ1) is 24.9. The van der Waals surface area contributed by atoms with Gasteiger partial charge in [-0.1, -0.05) is 23.7 Å². The Bertz CT molecular complexity index is 1060. The highest BCUT2D eigenvalue weighted by Crippen LogP contribution is 2.20. The van der Waals surface area contributed by atoms with Crippen LogP contribution in [0.25, 0.3) is 0 Å². The number of aliphatic hydroxyl groups is 2. The summed E-state index contributed by atoms with van der Waals surface area (Å²) < 4.78 is 5.63. The first-order valence-electron chi connectivity index (χ1n) is 10.4. The monoisotopic (exact) mass is 484 g/mol. The zero-order valence-corrected chi connectivity index (χ0v) is 18.9. The Morgan fingerprint density at radius 3 is 2.44 bits per heavy atom. The Morgan fingerprint density at radius 2 is 1.79 bits per heavy atom. The third-order valence-corrected chi connectivity index (χ3v) is 4.76. The third-order valence-electron chi connectivity index (χ3n) is 4.51. The van der Waals surface area contributed by atoms with Crippen LogP contribution >= 0.6 is 11.6 Å². The minimum atomic E-state index is -0.531. The van der Waals surface area contributed by atoms with E-state index >= 15 is 0 Å². The predicted molar refractivity (Wildman–Crippen MR) is 129 cm³/mol. The smallest absolute Gasteiger partial charge is 0.321 e. The van der Waals surface area contributed by atoms with Crippen molar-refractivity contribution in [1.82, 2.24) is 20.6 Å². The molecule has 10 nitrogen and oxygen atoms in total. The van der Waals surface area contributed by atoms with E-state index in [-0.39, 0.29) is 25.7 Å². The van der Waals surface area contributed by atoms with E-state index in [4.69, 9.17) is 26.6 Å². The zero-order valence-electron chi connectivity index (χ0n) is 18.2. The molecule has 0 spiro atoms. The number of ether oxygens (including phenoxy) is 1. The van der Waals surface area contributed by atoms with E-state index in [0.717, 1.165) is 5.56 Å². The molecule has 0 radical (unpaired) electrons. The van der Waals surface area contributed by atoms with Gasteiger partial charge in [0.2, 0.25) is 11.8 Å². The standard InChI is InChI=1S/C23H25ClN6O4/c24-18-3-1-16(2-4-18)11-27-22(30-23(33)28-12-17(14-31)15-32)29-19-5-7-20(8-6-19)34-21-13-25-9-10-26-21/h1-10,13,17,31-32H,11-12,14-15H2,(H3,27,28,29,30,33). The first-order chi connectivity index (χ1) is 16.6. The van der Waals surface area contributed by atoms with Crippen molar-refractivity contribution in [2.75, 3.05) is 25.1 Å². The number of aliphatic imine (C=N–C) groups is 1. The van der Waals surface area contributed by atoms with E-state index in [9.17, 15) is 4.79 Å². The summed E-state index contributed by atoms with van der Waals surface area (Å²) in [5, 5.41) is 27.3. The van der Waals surface area contributed by atoms with Crippen LogP contribution in [0.5, 0.6) is 11.6 Å². The van der Waals surface area contributed by atoms with Crippen molar-refractivity contribution < 1.29 is 19.7 Å². The van der Waals surface area contributed by atoms with Crippen LogP contribution in [0.1, 0.15) is 5.56 Å². The molecule has 0 aliphatic carbocycles. The lowest BCUT2D eigenvalue weighted by Gasteiger charge is -2.15. The van der Waals surface area contributed by atoms with Gasteiger partial charge in [-0.3, -0.25) is 10.3 Å². The molecule has 5 N–H and O–H groups in total. The van der Waals surface area contributed by atoms with Gasteiger partial charge in [-0.05, 0) is 42.0 Å². The van der Waals surface area contributed by atoms with E-state index in [2.05, 4.69) is 30.9 Å². The number of hydrogen-bond donors (Lipinski definition) is 5. The predicted octanol–water partition coefficient (Wildman–Crippen LogP) is 2.79. The first-order valence-corrected chi connectivity index (χ1v) is 10.8. The number of hydrogen-bond acceptors (Lipinski definition) is 7. The number of amides is 2. The van der Waals surface area contributed by atoms with Gasteiger partial charge < -0.3 is 25.6 Å². The quantitative estimate of drug-likeness (QED) is 0.232. The SMILES string of the molecule is O=C(NCC(CO)CO)NC(=NCc1ccc(Cl)cc1)Nc1ccc(Oc2cnccn2)cc1. The second-order valence-electron chi connectivity index (χ2n) is 7.15. The van der Waals surface area contributed by atoms with E-state index in [1.807, 2.05) is 12.1 Å². The van der Waals surface area contributed by atoms with Gasteiger partial charge in [-0.15, -0.1) is 0 Å². The molecule has 3 aromatic rings. The van der Waals surface area contributed by atoms with E-state index < -0.39 is 11.9 Å². The highest BCUT2D eigenvalue weighted by molar-refractivity contribution is 6.30. The number of guanidine groups is 1. The third kappa shape index (κ3) is 8.32. The normalized spacial score (nSPS) is 11.2. The summed E-state index contributed by atoms with van der Waals surface area (Å²) in [6.45, 7) is -0.0771. The number of carbonyl (C=O) groups excluding carboxylic acids is 1. The highest BCUT2D eigenvalue weighted by atomic mass is 35.5. The molecular formula is C23H25ClN6O4. The molecule has 0 bridgehead atoms. The average Bonchev–Trinajstić information content (AvgIpc) is 2.86. The summed E-state index contributed by atoms with van der Waals surface area (Å²) in [5.74, 6) is 0.695. The number of anilines is 1. The van der Waals surface area contributed by atoms with Gasteiger partial charge in [0.15, 0.2) is 0 Å². The van der Waals surface area contributed by atoms with Crippen molar-refractivity contribution >= 4 is 29.3 Å². The van der Waals surface area contributed by atoms with Crippen molar-refractivity contribution in [2.45, 2.75) is 6.54 Å². The van der Waals surface area contributed by atoms with Gasteiger partial charge in [0, 0.05) is 48.8 Å². The van der Waals surface area contributed by atoms with E-state index in [1.165, 1.54) is 12.4 Å². The second-order valence-corrected chi connectivity index (χ2v) is 7.59. The molecule has 0 saturated carbocycles. The molecule has 0 aliphatic rings. The molecular weight excluding hydrogens is 460 g/mol. The van der Waals surface area contributed by atoms with Gasteiger partial charge in [0.25, 0.3) is 0 Å². The van der Waals surface area contributed by atoms with E-state index in [0.29, 0.717) is 28.9 Å². The molecule has 178 valence electrons. The van der Waals surface area contributed by atoms with Crippen molar-refractivity contribution in [3.63, 3.8) is 0 Å². The number of nitrogens with zero attached hydrogens (tertiary/aromatic N) is 3. The number of nitrogens with one attached hydrogen (secondary N) is 3. The number of benzene rings is 2. The fourth-order valence-corrected chi connectivity index (χ4v) is 2.77. The van der Waals surface area contributed by atoms with Gasteiger partial charge in [0.1, 0.15) is 5.75 Å². The number of aromatic nitrogens is 2. The maximum atomic E-state index is 12.3. The molecule has 3 rings (SSSR count). The molecule has 34 heavy (non-hydrogen) atoms. The molecule has 0 aliphatic heterocycles. The summed E-state index contributed by atoms with van der Waals surface area (Å²) in [6, 6.07) is 13.7. The number of carbonyl (C=O) groups is 1. The Labute approximate surface area is 201 Å². The molecule has 2 aromatic carbocycles. The number of rotatable bonds is 9. The van der Waals surface area contributed by atoms with E-state index in [1.54, 1.807) is 42.6 Å². The highest BCUT2D eigenvalue weighted by Gasteiger charge is 2.11. The maximum Gasteiger partial charge on any atom is 0.321 e. The van der Waals surface area contributed by atoms with Crippen LogP contribution in [0.2, 0.25) is 5.02 Å². The largest absolute Gasteiger partial charge is 0.438 e. The number of urea groups is 1. The summed E-state index contributed by atoms with van der Waals surface area (Å²) in [4.78, 5) is 24.8. The molecule has 0 fully saturated rings. The van der Waals surface area contributed by atoms with Crippen LogP contribution in [-0.4, -0.2) is 51.9 Å². The molecule has 0 unspecified atom stereocenters. The van der Waals surface area contributed by atoms with Crippen LogP contribution in [-0.2, 0) is 6.54 Å². The van der Waals surface area contributed by atoms with Crippen molar-refractivity contribution in [1.29, 1.82) is 0 Å². The Hall–Kier alpha value is -3.73. The second kappa shape index (κ2) is 13.1. The van der Waals surface area contributed by atoms with Gasteiger partial charge in [0.05, 0.1) is 12.7 Å². The minimum Gasteiger partial charge on any atom is -0.438 e. The van der Waals surface area contributed by atoms with Gasteiger partial charge >= 0.3 is 6.03 Å². The lowest BCUT2D eigenvalue weighted by atomic mass is 10.2. The maximum absolute atomic E-state index is 12.3. The fourth-order valence-electron chi connectivity index (χ4n) is 2.65. The van der Waals surface area contributed by atoms with Crippen LogP contribution < -0.4 is 20.7 Å². The summed E-state index contributed by atoms with van der Waals surface area (Å²) in [6.07, 6.45) is 4.60. The summed E-state index contributed by atoms with van der Waals surface area (Å²) in [7, 11) is 0. The Kier molecular flexibility index (Phi) is 9.59. The summed E-state index contributed by atoms with van der Waals surface area (Å²) >= 11 is 5.93. The number of halogens is 1. The van der Waals surface area contributed by atoms with Crippen LogP contribution in [0.15, 0.2) is 72.1 Å². The Balaban J connectivity index is 1.67. The minimum absolute atomic E-state index is 0.109. The molecule has 0 saturated heterocycles. The topological polar surface area (TPSA) is 141 Å². The molecule has 1 aromatic heterocycles. The van der Waals surface area contributed by atoms with Gasteiger partial charge in [-0.25, -0.2) is 14.8 Å². The molecule has 0 atom stereocenters. The lowest BCUT2D eigenvalue weighted by Crippen LogP contribution is -2.45. The van der Waals surface area contributed by atoms with Crippen LogP contribution in [0.3, 0.4) is 0 Å². The van der Waals surface area contributed by atoms with Crippen molar-refractivity contribution in [3.8, 4) is 11.6 Å². The number of aliphatic hydroxyl groups excluding tert-OH is 2. The zero-order chi connectivity index (χ0) is 24.2. The van der Waals surface area contributed by atoms with Crippen molar-refractivity contribution in [3.05, 3.63) is 77.7 Å². The molecule has 1 heterocycles. The van der Waals surface area contributed by atoms with Gasteiger partial charge in [-0.2, -0.15) is 0 Å². The Morgan fingerprint density at radius 1 is 1.06 bits per heavy atom. The molecule has 11 heteroatoms. The lowest BCUT2D eigenvalue weighted by molar-refractivity contribution is 0.149. The summed E-state index contributed by atoms with van der Waals surface area (Å²) in [5.41, 5.74) is 1.56. The van der Waals surface area contributed by atoms with Crippen molar-refractivity contribution in [2.24, 2.45) is 10.9 Å². The average molecular weight is 485 g/mol. The molecule has 2 amide bonds. The van der Waals surface area contributed by atoms with Crippen LogP contribution in [0, 0.1) is 5.92 Å².